The van der Waals surface area contributed by atoms with Gasteiger partial charge in [-0.1, -0.05) is 59.7 Å². The first-order chi connectivity index (χ1) is 16.2. The number of hydrogen-bond donors (Lipinski definition) is 1. The van der Waals surface area contributed by atoms with Crippen LogP contribution < -0.4 is 0 Å². The van der Waals surface area contributed by atoms with Crippen molar-refractivity contribution >= 4 is 40.7 Å². The van der Waals surface area contributed by atoms with Crippen LogP contribution in [0.25, 0.3) is 5.70 Å². The molecule has 2 aromatic carbocycles. The van der Waals surface area contributed by atoms with E-state index in [9.17, 15) is 13.9 Å². The van der Waals surface area contributed by atoms with Crippen molar-refractivity contribution in [3.05, 3.63) is 111 Å². The summed E-state index contributed by atoms with van der Waals surface area (Å²) < 4.78 is 29.8. The Bertz CT molecular complexity index is 1320. The van der Waals surface area contributed by atoms with Gasteiger partial charge >= 0.3 is 0 Å². The van der Waals surface area contributed by atoms with Crippen molar-refractivity contribution in [3.8, 4) is 0 Å². The standard InChI is InChI=1S/C26H22Cl2F2N2OS/c1-16-3-7-20(29)9-10-26(2,19-6-4-17(14-33)22(27)11-19)24-13-31-25(32(16)24)34-15-18-5-8-21(30)12-23(18)28/h3-9,11-13,33H,1,10,14-15H2,2H3. The highest BCUT2D eigenvalue weighted by molar-refractivity contribution is 7.98. The fourth-order valence-electron chi connectivity index (χ4n) is 3.89. The maximum Gasteiger partial charge on any atom is 0.173 e. The minimum atomic E-state index is -0.691. The summed E-state index contributed by atoms with van der Waals surface area (Å²) in [6.45, 7) is 5.98. The van der Waals surface area contributed by atoms with E-state index in [-0.39, 0.29) is 12.4 Å². The minimum Gasteiger partial charge on any atom is -0.392 e. The van der Waals surface area contributed by atoms with Crippen molar-refractivity contribution < 1.29 is 13.9 Å². The van der Waals surface area contributed by atoms with Crippen molar-refractivity contribution in [2.45, 2.75) is 36.3 Å². The van der Waals surface area contributed by atoms with Crippen molar-refractivity contribution in [1.29, 1.82) is 0 Å². The zero-order valence-corrected chi connectivity index (χ0v) is 20.7. The first-order valence-corrected chi connectivity index (χ1v) is 12.2. The Labute approximate surface area is 211 Å². The van der Waals surface area contributed by atoms with E-state index in [0.717, 1.165) is 16.8 Å². The molecule has 1 N–H and O–H groups in total. The number of rotatable bonds is 5. The van der Waals surface area contributed by atoms with Gasteiger partial charge in [-0.15, -0.1) is 0 Å². The predicted molar refractivity (Wildman–Crippen MR) is 135 cm³/mol. The highest BCUT2D eigenvalue weighted by Gasteiger charge is 2.34. The summed E-state index contributed by atoms with van der Waals surface area (Å²) in [5.74, 6) is -0.292. The lowest BCUT2D eigenvalue weighted by atomic mass is 9.76. The predicted octanol–water partition coefficient (Wildman–Crippen LogP) is 7.70. The fourth-order valence-corrected chi connectivity index (χ4v) is 5.46. The van der Waals surface area contributed by atoms with E-state index in [1.54, 1.807) is 30.5 Å². The zero-order chi connectivity index (χ0) is 24.5. The van der Waals surface area contributed by atoms with E-state index in [2.05, 4.69) is 11.6 Å². The summed E-state index contributed by atoms with van der Waals surface area (Å²) in [7, 11) is 0. The van der Waals surface area contributed by atoms with Crippen LogP contribution in [-0.4, -0.2) is 14.7 Å². The van der Waals surface area contributed by atoms with E-state index in [1.807, 2.05) is 17.6 Å². The van der Waals surface area contributed by atoms with Gasteiger partial charge in [-0.2, -0.15) is 0 Å². The minimum absolute atomic E-state index is 0.171. The van der Waals surface area contributed by atoms with Crippen LogP contribution in [0.1, 0.15) is 35.7 Å². The lowest BCUT2D eigenvalue weighted by molar-refractivity contribution is 0.282. The Morgan fingerprint density at radius 1 is 1.12 bits per heavy atom. The fraction of sp³-hybridized carbons (Fsp3) is 0.192. The van der Waals surface area contributed by atoms with Crippen LogP contribution in [0.3, 0.4) is 0 Å². The van der Waals surface area contributed by atoms with Crippen LogP contribution in [0.2, 0.25) is 10.0 Å². The first-order valence-electron chi connectivity index (χ1n) is 10.5. The van der Waals surface area contributed by atoms with Gasteiger partial charge in [0, 0.05) is 26.9 Å². The Kier molecular flexibility index (Phi) is 7.33. The molecule has 0 spiro atoms. The number of halogens is 4. The van der Waals surface area contributed by atoms with Gasteiger partial charge in [-0.25, -0.2) is 13.8 Å². The molecular formula is C26H22Cl2F2N2OS. The van der Waals surface area contributed by atoms with Crippen molar-refractivity contribution in [2.75, 3.05) is 0 Å². The number of thioether (sulfide) groups is 1. The van der Waals surface area contributed by atoms with Crippen LogP contribution in [-0.2, 0) is 17.8 Å². The average molecular weight is 519 g/mol. The molecule has 4 rings (SSSR count). The highest BCUT2D eigenvalue weighted by Crippen LogP contribution is 2.42. The van der Waals surface area contributed by atoms with Gasteiger partial charge in [0.2, 0.25) is 0 Å². The largest absolute Gasteiger partial charge is 0.392 e. The van der Waals surface area contributed by atoms with E-state index in [0.29, 0.717) is 38.6 Å². The summed E-state index contributed by atoms with van der Waals surface area (Å²) in [5.41, 5.74) is 2.92. The van der Waals surface area contributed by atoms with Gasteiger partial charge in [-0.3, -0.25) is 4.57 Å². The van der Waals surface area contributed by atoms with Crippen LogP contribution in [0.15, 0.2) is 78.4 Å². The molecule has 0 fully saturated rings. The van der Waals surface area contributed by atoms with Crippen LogP contribution in [0.4, 0.5) is 8.78 Å². The molecule has 0 saturated heterocycles. The van der Waals surface area contributed by atoms with Crippen molar-refractivity contribution in [3.63, 3.8) is 0 Å². The lowest BCUT2D eigenvalue weighted by Crippen LogP contribution is -2.26. The van der Waals surface area contributed by atoms with Crippen molar-refractivity contribution in [1.82, 2.24) is 9.55 Å². The second kappa shape index (κ2) is 10.1. The molecule has 2 heterocycles. The molecular weight excluding hydrogens is 497 g/mol. The molecule has 0 radical (unpaired) electrons. The molecule has 3 nitrogen and oxygen atoms in total. The number of allylic oxidation sites excluding steroid dienone is 5. The third-order valence-corrected chi connectivity index (χ3v) is 7.66. The average Bonchev–Trinajstić information content (AvgIpc) is 3.25. The van der Waals surface area contributed by atoms with E-state index in [4.69, 9.17) is 23.2 Å². The molecule has 1 unspecified atom stereocenters. The summed E-state index contributed by atoms with van der Waals surface area (Å²) in [4.78, 5) is 4.65. The second-order valence-electron chi connectivity index (χ2n) is 8.20. The number of aliphatic hydroxyl groups excluding tert-OH is 1. The molecule has 0 amide bonds. The lowest BCUT2D eigenvalue weighted by Gasteiger charge is -2.31. The summed E-state index contributed by atoms with van der Waals surface area (Å²) in [6, 6.07) is 9.76. The molecule has 1 atom stereocenters. The Morgan fingerprint density at radius 2 is 1.85 bits per heavy atom. The zero-order valence-electron chi connectivity index (χ0n) is 18.4. The highest BCUT2D eigenvalue weighted by atomic mass is 35.5. The smallest absolute Gasteiger partial charge is 0.173 e. The summed E-state index contributed by atoms with van der Waals surface area (Å²) >= 11 is 14.0. The van der Waals surface area contributed by atoms with E-state index < -0.39 is 11.2 Å². The van der Waals surface area contributed by atoms with Gasteiger partial charge in [0.05, 0.1) is 18.5 Å². The normalized spacial score (nSPS) is 18.2. The van der Waals surface area contributed by atoms with Gasteiger partial charge < -0.3 is 5.11 Å². The monoisotopic (exact) mass is 518 g/mol. The molecule has 0 bridgehead atoms. The van der Waals surface area contributed by atoms with E-state index in [1.165, 1.54) is 36.0 Å². The van der Waals surface area contributed by atoms with Gasteiger partial charge in [0.25, 0.3) is 0 Å². The number of imidazole rings is 1. The molecule has 1 aromatic heterocycles. The molecule has 34 heavy (non-hydrogen) atoms. The molecule has 3 aromatic rings. The third-order valence-electron chi connectivity index (χ3n) is 5.95. The number of nitrogens with zero attached hydrogens (tertiary/aromatic N) is 2. The van der Waals surface area contributed by atoms with Gasteiger partial charge in [0.15, 0.2) is 5.16 Å². The molecule has 176 valence electrons. The summed E-state index contributed by atoms with van der Waals surface area (Å²) in [6.07, 6.45) is 6.64. The van der Waals surface area contributed by atoms with Crippen LogP contribution >= 0.6 is 35.0 Å². The Morgan fingerprint density at radius 3 is 2.56 bits per heavy atom. The molecule has 0 saturated carbocycles. The number of hydrogen-bond acceptors (Lipinski definition) is 3. The molecule has 8 heteroatoms. The maximum absolute atomic E-state index is 14.5. The SMILES string of the molecule is C=C1C=CC(F)=CCC(C)(c2ccc(CO)c(Cl)c2)c2cnc(SCc3ccc(F)cc3Cl)n21. The van der Waals surface area contributed by atoms with Crippen molar-refractivity contribution in [2.24, 2.45) is 0 Å². The number of aromatic nitrogens is 2. The second-order valence-corrected chi connectivity index (χ2v) is 9.96. The molecule has 1 aliphatic heterocycles. The van der Waals surface area contributed by atoms with Crippen LogP contribution in [0.5, 0.6) is 0 Å². The molecule has 0 aliphatic carbocycles. The number of fused-ring (bicyclic) bond motifs is 1. The summed E-state index contributed by atoms with van der Waals surface area (Å²) in [5, 5.41) is 10.9. The number of aliphatic hydroxyl groups is 1. The topological polar surface area (TPSA) is 38.1 Å². The van der Waals surface area contributed by atoms with Gasteiger partial charge in [-0.05, 0) is 66.5 Å². The maximum atomic E-state index is 14.5. The first kappa shape index (κ1) is 24.7. The third kappa shape index (κ3) is 4.86. The number of benzene rings is 2. The molecule has 1 aliphatic rings. The van der Waals surface area contributed by atoms with E-state index >= 15 is 0 Å². The van der Waals surface area contributed by atoms with Crippen LogP contribution in [0, 0.1) is 5.82 Å². The Hall–Kier alpha value is -2.38. The van der Waals surface area contributed by atoms with Gasteiger partial charge in [0.1, 0.15) is 11.6 Å². The Balaban J connectivity index is 1.80. The quantitative estimate of drug-likeness (QED) is 0.351.